The second-order valence-electron chi connectivity index (χ2n) is 8.71. The molecule has 37 heavy (non-hydrogen) atoms. The number of rotatable bonds is 10. The van der Waals surface area contributed by atoms with Crippen LogP contribution < -0.4 is 5.32 Å². The van der Waals surface area contributed by atoms with Crippen LogP contribution >= 0.6 is 22.7 Å². The fourth-order valence-electron chi connectivity index (χ4n) is 4.09. The molecular weight excluding hydrogens is 508 g/mol. The standard InChI is InChI=1S/C28H28N2O5S2/c1-18-2-7-23-25(14-18)37-28(30-23)19-3-5-22(6-4-19)29-27(32)24-15-21(20-8-13-36-17-20)16-26(35-24)34-12-11-33-10-9-31/h2-8,13-15,17,21,26,31H,9-12,16H2,1H3,(H,29,32). The summed E-state index contributed by atoms with van der Waals surface area (Å²) in [5, 5.41) is 16.8. The number of carbonyl (C=O) groups excluding carboxylic acids is 1. The lowest BCUT2D eigenvalue weighted by molar-refractivity contribution is -0.148. The minimum atomic E-state index is -0.571. The minimum absolute atomic E-state index is 0.00848. The van der Waals surface area contributed by atoms with Gasteiger partial charge in [0, 0.05) is 23.6 Å². The van der Waals surface area contributed by atoms with E-state index in [4.69, 9.17) is 24.3 Å². The summed E-state index contributed by atoms with van der Waals surface area (Å²) in [5.74, 6) is -0.0863. The van der Waals surface area contributed by atoms with E-state index in [1.54, 1.807) is 22.7 Å². The molecule has 1 amide bonds. The zero-order valence-corrected chi connectivity index (χ0v) is 22.0. The Morgan fingerprint density at radius 1 is 1.16 bits per heavy atom. The number of benzene rings is 2. The first-order chi connectivity index (χ1) is 18.1. The van der Waals surface area contributed by atoms with Gasteiger partial charge in [0.1, 0.15) is 5.01 Å². The van der Waals surface area contributed by atoms with Gasteiger partial charge in [0.15, 0.2) is 5.76 Å². The number of ether oxygens (including phenoxy) is 3. The van der Waals surface area contributed by atoms with Gasteiger partial charge < -0.3 is 24.6 Å². The lowest BCUT2D eigenvalue weighted by Gasteiger charge is -2.29. The summed E-state index contributed by atoms with van der Waals surface area (Å²) in [6, 6.07) is 16.0. The van der Waals surface area contributed by atoms with E-state index in [-0.39, 0.29) is 30.8 Å². The Balaban J connectivity index is 1.26. The SMILES string of the molecule is Cc1ccc2nc(-c3ccc(NC(=O)C4=CC(c5ccsc5)CC(OCCOCCO)O4)cc3)sc2c1. The van der Waals surface area contributed by atoms with Crippen LogP contribution in [0.5, 0.6) is 0 Å². The molecule has 0 fully saturated rings. The number of nitrogens with zero attached hydrogens (tertiary/aromatic N) is 1. The molecule has 0 spiro atoms. The summed E-state index contributed by atoms with van der Waals surface area (Å²) >= 11 is 3.27. The normalized spacial score (nSPS) is 17.4. The first kappa shape index (κ1) is 25.6. The molecule has 2 N–H and O–H groups in total. The van der Waals surface area contributed by atoms with Gasteiger partial charge >= 0.3 is 0 Å². The number of anilines is 1. The van der Waals surface area contributed by atoms with Crippen molar-refractivity contribution in [2.24, 2.45) is 0 Å². The minimum Gasteiger partial charge on any atom is -0.459 e. The third-order valence-corrected chi connectivity index (χ3v) is 7.72. The molecule has 0 saturated heterocycles. The number of aryl methyl sites for hydroxylation is 1. The second kappa shape index (κ2) is 12.0. The second-order valence-corrected chi connectivity index (χ2v) is 10.5. The molecular formula is C28H28N2O5S2. The molecule has 1 aliphatic heterocycles. The van der Waals surface area contributed by atoms with Crippen molar-refractivity contribution in [2.75, 3.05) is 31.7 Å². The number of nitrogens with one attached hydrogen (secondary N) is 1. The van der Waals surface area contributed by atoms with Crippen molar-refractivity contribution in [1.82, 2.24) is 4.98 Å². The summed E-state index contributed by atoms with van der Waals surface area (Å²) in [7, 11) is 0. The van der Waals surface area contributed by atoms with E-state index in [2.05, 4.69) is 35.8 Å². The highest BCUT2D eigenvalue weighted by Gasteiger charge is 2.29. The first-order valence-electron chi connectivity index (χ1n) is 12.1. The molecule has 4 aromatic rings. The van der Waals surface area contributed by atoms with Gasteiger partial charge in [-0.1, -0.05) is 6.07 Å². The van der Waals surface area contributed by atoms with E-state index in [9.17, 15) is 4.79 Å². The van der Waals surface area contributed by atoms with E-state index < -0.39 is 6.29 Å². The van der Waals surface area contributed by atoms with Gasteiger partial charge in [0.2, 0.25) is 6.29 Å². The Labute approximate surface area is 223 Å². The van der Waals surface area contributed by atoms with Gasteiger partial charge in [0.05, 0.1) is 36.6 Å². The molecule has 3 heterocycles. The molecule has 5 rings (SSSR count). The van der Waals surface area contributed by atoms with Crippen LogP contribution in [0.2, 0.25) is 0 Å². The number of aromatic nitrogens is 1. The predicted octanol–water partition coefficient (Wildman–Crippen LogP) is 5.71. The van der Waals surface area contributed by atoms with Crippen molar-refractivity contribution < 1.29 is 24.1 Å². The van der Waals surface area contributed by atoms with Crippen molar-refractivity contribution in [3.8, 4) is 10.6 Å². The number of allylic oxidation sites excluding steroid dienone is 1. The third kappa shape index (κ3) is 6.44. The van der Waals surface area contributed by atoms with Crippen LogP contribution in [0.4, 0.5) is 5.69 Å². The molecule has 192 valence electrons. The molecule has 0 bridgehead atoms. The maximum atomic E-state index is 13.1. The Morgan fingerprint density at radius 2 is 2.03 bits per heavy atom. The van der Waals surface area contributed by atoms with Crippen LogP contribution in [0.1, 0.15) is 23.5 Å². The highest BCUT2D eigenvalue weighted by atomic mass is 32.1. The number of aliphatic hydroxyl groups is 1. The Kier molecular flexibility index (Phi) is 8.28. The fraction of sp³-hybridized carbons (Fsp3) is 0.286. The number of aliphatic hydroxyl groups excluding tert-OH is 1. The molecule has 9 heteroatoms. The van der Waals surface area contributed by atoms with E-state index in [0.29, 0.717) is 25.3 Å². The van der Waals surface area contributed by atoms with Crippen LogP contribution in [-0.4, -0.2) is 48.7 Å². The van der Waals surface area contributed by atoms with Gasteiger partial charge in [-0.05, 0) is 77.4 Å². The van der Waals surface area contributed by atoms with E-state index in [1.807, 2.05) is 41.8 Å². The number of thiazole rings is 1. The molecule has 0 saturated carbocycles. The van der Waals surface area contributed by atoms with Crippen LogP contribution in [0, 0.1) is 6.92 Å². The zero-order valence-electron chi connectivity index (χ0n) is 20.4. The average molecular weight is 537 g/mol. The van der Waals surface area contributed by atoms with Crippen LogP contribution in [0.3, 0.4) is 0 Å². The van der Waals surface area contributed by atoms with Crippen LogP contribution in [0.15, 0.2) is 71.1 Å². The van der Waals surface area contributed by atoms with Gasteiger partial charge in [-0.2, -0.15) is 11.3 Å². The quantitative estimate of drug-likeness (QED) is 0.252. The topological polar surface area (TPSA) is 89.9 Å². The summed E-state index contributed by atoms with van der Waals surface area (Å²) in [6.45, 7) is 2.95. The summed E-state index contributed by atoms with van der Waals surface area (Å²) in [4.78, 5) is 17.9. The van der Waals surface area contributed by atoms with Gasteiger partial charge in [-0.3, -0.25) is 4.79 Å². The van der Waals surface area contributed by atoms with E-state index >= 15 is 0 Å². The van der Waals surface area contributed by atoms with Crippen molar-refractivity contribution in [1.29, 1.82) is 0 Å². The number of carbonyl (C=O) groups is 1. The fourth-order valence-corrected chi connectivity index (χ4v) is 5.88. The number of thiophene rings is 1. The Hall–Kier alpha value is -3.08. The lowest BCUT2D eigenvalue weighted by atomic mass is 9.95. The highest BCUT2D eigenvalue weighted by Crippen LogP contribution is 2.34. The molecule has 7 nitrogen and oxygen atoms in total. The first-order valence-corrected chi connectivity index (χ1v) is 13.8. The van der Waals surface area contributed by atoms with Crippen molar-refractivity contribution in [2.45, 2.75) is 25.6 Å². The Morgan fingerprint density at radius 3 is 2.81 bits per heavy atom. The molecule has 2 unspecified atom stereocenters. The van der Waals surface area contributed by atoms with Gasteiger partial charge in [-0.15, -0.1) is 11.3 Å². The van der Waals surface area contributed by atoms with Crippen molar-refractivity contribution >= 4 is 44.5 Å². The summed E-state index contributed by atoms with van der Waals surface area (Å²) in [5.41, 5.74) is 4.99. The highest BCUT2D eigenvalue weighted by molar-refractivity contribution is 7.21. The summed E-state index contributed by atoms with van der Waals surface area (Å²) in [6.07, 6.45) is 1.89. The maximum absolute atomic E-state index is 13.1. The number of fused-ring (bicyclic) bond motifs is 1. The molecule has 2 aromatic carbocycles. The number of hydrogen-bond donors (Lipinski definition) is 2. The number of amides is 1. The smallest absolute Gasteiger partial charge is 0.290 e. The Bertz CT molecular complexity index is 1370. The van der Waals surface area contributed by atoms with Crippen LogP contribution in [-0.2, 0) is 19.0 Å². The van der Waals surface area contributed by atoms with Gasteiger partial charge in [0.25, 0.3) is 5.91 Å². The summed E-state index contributed by atoms with van der Waals surface area (Å²) < 4.78 is 18.2. The maximum Gasteiger partial charge on any atom is 0.290 e. The lowest BCUT2D eigenvalue weighted by Crippen LogP contribution is -2.30. The third-order valence-electron chi connectivity index (χ3n) is 5.95. The van der Waals surface area contributed by atoms with Crippen molar-refractivity contribution in [3.63, 3.8) is 0 Å². The predicted molar refractivity (Wildman–Crippen MR) is 147 cm³/mol. The monoisotopic (exact) mass is 536 g/mol. The molecule has 0 aliphatic carbocycles. The zero-order chi connectivity index (χ0) is 25.6. The van der Waals surface area contributed by atoms with Crippen LogP contribution in [0.25, 0.3) is 20.8 Å². The van der Waals surface area contributed by atoms with E-state index in [0.717, 1.165) is 26.4 Å². The number of hydrogen-bond acceptors (Lipinski definition) is 8. The molecule has 2 atom stereocenters. The largest absolute Gasteiger partial charge is 0.459 e. The average Bonchev–Trinajstić information content (AvgIpc) is 3.59. The molecule has 2 aromatic heterocycles. The van der Waals surface area contributed by atoms with E-state index in [1.165, 1.54) is 5.56 Å². The molecule has 1 aliphatic rings. The molecule has 0 radical (unpaired) electrons. The van der Waals surface area contributed by atoms with Crippen molar-refractivity contribution in [3.05, 3.63) is 82.3 Å². The van der Waals surface area contributed by atoms with Gasteiger partial charge in [-0.25, -0.2) is 4.98 Å².